The van der Waals surface area contributed by atoms with E-state index in [1.54, 1.807) is 0 Å². The summed E-state index contributed by atoms with van der Waals surface area (Å²) >= 11 is 5.79. The smallest absolute Gasteiger partial charge is 0.136 e. The number of Topliss-reactive ketones (excluding diaryl/α,β-unsaturated/α-hetero) is 1. The molecule has 0 aliphatic heterocycles. The standard InChI is InChI=1S/C12H13ClO/c13-11-6-4-9(5-7-11)8-10-2-1-3-12(10)14/h4-7,10H,1-3,8H2/t10-/m0/s1. The van der Waals surface area contributed by atoms with Crippen molar-refractivity contribution in [2.75, 3.05) is 0 Å². The first-order valence-electron chi connectivity index (χ1n) is 5.03. The lowest BCUT2D eigenvalue weighted by molar-refractivity contribution is -0.120. The number of carbonyl (C=O) groups is 1. The zero-order chi connectivity index (χ0) is 9.97. The van der Waals surface area contributed by atoms with E-state index in [9.17, 15) is 4.79 Å². The summed E-state index contributed by atoms with van der Waals surface area (Å²) < 4.78 is 0. The van der Waals surface area contributed by atoms with Crippen molar-refractivity contribution in [3.8, 4) is 0 Å². The minimum absolute atomic E-state index is 0.260. The van der Waals surface area contributed by atoms with Crippen LogP contribution in [0.5, 0.6) is 0 Å². The topological polar surface area (TPSA) is 17.1 Å². The van der Waals surface area contributed by atoms with Crippen molar-refractivity contribution in [2.45, 2.75) is 25.7 Å². The molecule has 1 aromatic rings. The van der Waals surface area contributed by atoms with Crippen molar-refractivity contribution in [1.82, 2.24) is 0 Å². The SMILES string of the molecule is O=C1CCC[C@H]1Cc1ccc(Cl)cc1. The number of hydrogen-bond donors (Lipinski definition) is 0. The third-order valence-corrected chi connectivity index (χ3v) is 3.08. The van der Waals surface area contributed by atoms with Gasteiger partial charge < -0.3 is 0 Å². The molecule has 1 atom stereocenters. The second-order valence-electron chi connectivity index (χ2n) is 3.89. The summed E-state index contributed by atoms with van der Waals surface area (Å²) in [5.41, 5.74) is 1.22. The van der Waals surface area contributed by atoms with E-state index in [0.717, 1.165) is 30.7 Å². The number of ketones is 1. The molecule has 14 heavy (non-hydrogen) atoms. The van der Waals surface area contributed by atoms with Crippen LogP contribution in [0.25, 0.3) is 0 Å². The van der Waals surface area contributed by atoms with Crippen LogP contribution in [0.2, 0.25) is 5.02 Å². The lowest BCUT2D eigenvalue weighted by Crippen LogP contribution is -2.09. The van der Waals surface area contributed by atoms with Crippen LogP contribution in [0.4, 0.5) is 0 Å². The van der Waals surface area contributed by atoms with Crippen LogP contribution in [-0.2, 0) is 11.2 Å². The summed E-state index contributed by atoms with van der Waals surface area (Å²) in [4.78, 5) is 11.4. The van der Waals surface area contributed by atoms with E-state index >= 15 is 0 Å². The van der Waals surface area contributed by atoms with E-state index in [2.05, 4.69) is 0 Å². The monoisotopic (exact) mass is 208 g/mol. The van der Waals surface area contributed by atoms with Crippen LogP contribution < -0.4 is 0 Å². The molecule has 0 amide bonds. The Labute approximate surface area is 89.1 Å². The molecule has 1 saturated carbocycles. The maximum absolute atomic E-state index is 11.4. The molecule has 0 radical (unpaired) electrons. The van der Waals surface area contributed by atoms with E-state index in [-0.39, 0.29) is 5.92 Å². The largest absolute Gasteiger partial charge is 0.299 e. The molecule has 1 aliphatic rings. The van der Waals surface area contributed by atoms with Gasteiger partial charge in [-0.05, 0) is 37.0 Å². The molecular formula is C12H13ClO. The molecule has 1 aliphatic carbocycles. The Morgan fingerprint density at radius 3 is 2.57 bits per heavy atom. The van der Waals surface area contributed by atoms with Gasteiger partial charge in [0, 0.05) is 17.4 Å². The molecule has 0 aromatic heterocycles. The van der Waals surface area contributed by atoms with Gasteiger partial charge in [0.1, 0.15) is 5.78 Å². The molecule has 0 spiro atoms. The van der Waals surface area contributed by atoms with Gasteiger partial charge in [-0.3, -0.25) is 4.79 Å². The molecule has 1 fully saturated rings. The molecule has 2 rings (SSSR count). The molecular weight excluding hydrogens is 196 g/mol. The van der Waals surface area contributed by atoms with Gasteiger partial charge in [-0.2, -0.15) is 0 Å². The average molecular weight is 209 g/mol. The predicted molar refractivity (Wildman–Crippen MR) is 57.5 cm³/mol. The molecule has 1 nitrogen and oxygen atoms in total. The minimum Gasteiger partial charge on any atom is -0.299 e. The van der Waals surface area contributed by atoms with Gasteiger partial charge in [-0.15, -0.1) is 0 Å². The summed E-state index contributed by atoms with van der Waals surface area (Å²) in [6, 6.07) is 7.79. The molecule has 0 saturated heterocycles. The number of hydrogen-bond acceptors (Lipinski definition) is 1. The van der Waals surface area contributed by atoms with Crippen LogP contribution in [-0.4, -0.2) is 5.78 Å². The zero-order valence-electron chi connectivity index (χ0n) is 8.00. The summed E-state index contributed by atoms with van der Waals surface area (Å²) in [5, 5.41) is 0.756. The third-order valence-electron chi connectivity index (χ3n) is 2.83. The van der Waals surface area contributed by atoms with E-state index in [0.29, 0.717) is 5.78 Å². The van der Waals surface area contributed by atoms with E-state index < -0.39 is 0 Å². The van der Waals surface area contributed by atoms with Crippen molar-refractivity contribution in [3.63, 3.8) is 0 Å². The van der Waals surface area contributed by atoms with Crippen molar-refractivity contribution in [2.24, 2.45) is 5.92 Å². The first-order valence-corrected chi connectivity index (χ1v) is 5.40. The fraction of sp³-hybridized carbons (Fsp3) is 0.417. The summed E-state index contributed by atoms with van der Waals surface area (Å²) in [5.74, 6) is 0.691. The number of rotatable bonds is 2. The van der Waals surface area contributed by atoms with Crippen molar-refractivity contribution in [3.05, 3.63) is 34.9 Å². The lowest BCUT2D eigenvalue weighted by atomic mass is 9.97. The number of halogens is 1. The highest BCUT2D eigenvalue weighted by Crippen LogP contribution is 2.25. The molecule has 0 heterocycles. The van der Waals surface area contributed by atoms with Gasteiger partial charge in [0.15, 0.2) is 0 Å². The molecule has 74 valence electrons. The zero-order valence-corrected chi connectivity index (χ0v) is 8.76. The van der Waals surface area contributed by atoms with Crippen molar-refractivity contribution >= 4 is 17.4 Å². The Hall–Kier alpha value is -0.820. The molecule has 0 bridgehead atoms. The van der Waals surface area contributed by atoms with Gasteiger partial charge in [0.25, 0.3) is 0 Å². The first kappa shape index (κ1) is 9.72. The Balaban J connectivity index is 2.03. The van der Waals surface area contributed by atoms with E-state index in [1.807, 2.05) is 24.3 Å². The van der Waals surface area contributed by atoms with Gasteiger partial charge in [-0.25, -0.2) is 0 Å². The van der Waals surface area contributed by atoms with Crippen LogP contribution in [0.3, 0.4) is 0 Å². The molecule has 1 aromatic carbocycles. The second-order valence-corrected chi connectivity index (χ2v) is 4.32. The summed E-state index contributed by atoms with van der Waals surface area (Å²) in [6.07, 6.45) is 3.78. The van der Waals surface area contributed by atoms with E-state index in [4.69, 9.17) is 11.6 Å². The highest BCUT2D eigenvalue weighted by atomic mass is 35.5. The number of carbonyl (C=O) groups excluding carboxylic acids is 1. The Kier molecular flexibility index (Phi) is 2.87. The highest BCUT2D eigenvalue weighted by Gasteiger charge is 2.24. The van der Waals surface area contributed by atoms with Gasteiger partial charge in [-0.1, -0.05) is 23.7 Å². The van der Waals surface area contributed by atoms with Crippen molar-refractivity contribution < 1.29 is 4.79 Å². The highest BCUT2D eigenvalue weighted by molar-refractivity contribution is 6.30. The average Bonchev–Trinajstić information content (AvgIpc) is 2.56. The van der Waals surface area contributed by atoms with Gasteiger partial charge >= 0.3 is 0 Å². The van der Waals surface area contributed by atoms with Gasteiger partial charge in [0.05, 0.1) is 0 Å². The third kappa shape index (κ3) is 2.16. The Morgan fingerprint density at radius 1 is 1.29 bits per heavy atom. The maximum Gasteiger partial charge on any atom is 0.136 e. The molecule has 2 heteroatoms. The van der Waals surface area contributed by atoms with Crippen molar-refractivity contribution in [1.29, 1.82) is 0 Å². The predicted octanol–water partition coefficient (Wildman–Crippen LogP) is 3.25. The summed E-state index contributed by atoms with van der Waals surface area (Å²) in [6.45, 7) is 0. The van der Waals surface area contributed by atoms with Crippen LogP contribution >= 0.6 is 11.6 Å². The normalized spacial score (nSPS) is 21.5. The van der Waals surface area contributed by atoms with Gasteiger partial charge in [0.2, 0.25) is 0 Å². The maximum atomic E-state index is 11.4. The second kappa shape index (κ2) is 4.14. The quantitative estimate of drug-likeness (QED) is 0.729. The molecule has 0 unspecified atom stereocenters. The molecule has 0 N–H and O–H groups in total. The van der Waals surface area contributed by atoms with Crippen LogP contribution in [0, 0.1) is 5.92 Å². The fourth-order valence-corrected chi connectivity index (χ4v) is 2.13. The Morgan fingerprint density at radius 2 is 2.00 bits per heavy atom. The minimum atomic E-state index is 0.260. The van der Waals surface area contributed by atoms with Crippen LogP contribution in [0.15, 0.2) is 24.3 Å². The number of benzene rings is 1. The summed E-state index contributed by atoms with van der Waals surface area (Å²) in [7, 11) is 0. The first-order chi connectivity index (χ1) is 6.75. The van der Waals surface area contributed by atoms with E-state index in [1.165, 1.54) is 5.56 Å². The fourth-order valence-electron chi connectivity index (χ4n) is 2.01. The lowest BCUT2D eigenvalue weighted by Gasteiger charge is -2.07. The Bertz CT molecular complexity index is 329. The van der Waals surface area contributed by atoms with Crippen LogP contribution in [0.1, 0.15) is 24.8 Å².